The molecule has 1 unspecified atom stereocenters. The van der Waals surface area contributed by atoms with Crippen LogP contribution in [-0.4, -0.2) is 24.3 Å². The highest BCUT2D eigenvalue weighted by Crippen LogP contribution is 2.30. The molecule has 1 saturated heterocycles. The fourth-order valence-electron chi connectivity index (χ4n) is 2.25. The molecule has 0 radical (unpaired) electrons. The Morgan fingerprint density at radius 3 is 2.55 bits per heavy atom. The lowest BCUT2D eigenvalue weighted by atomic mass is 10.0. The quantitative estimate of drug-likeness (QED) is 0.890. The molecule has 0 amide bonds. The van der Waals surface area contributed by atoms with E-state index in [0.717, 1.165) is 31.3 Å². The van der Waals surface area contributed by atoms with Crippen molar-refractivity contribution in [1.82, 2.24) is 0 Å². The van der Waals surface area contributed by atoms with Crippen molar-refractivity contribution in [3.8, 4) is 0 Å². The maximum Gasteiger partial charge on any atom is 0.416 e. The van der Waals surface area contributed by atoms with Gasteiger partial charge in [0.15, 0.2) is 0 Å². The largest absolute Gasteiger partial charge is 0.478 e. The van der Waals surface area contributed by atoms with Crippen LogP contribution in [0.5, 0.6) is 0 Å². The van der Waals surface area contributed by atoms with Gasteiger partial charge in [-0.05, 0) is 43.4 Å². The lowest BCUT2D eigenvalue weighted by Gasteiger charge is -2.08. The van der Waals surface area contributed by atoms with Gasteiger partial charge < -0.3 is 9.84 Å². The minimum absolute atomic E-state index is 0.311. The maximum absolute atomic E-state index is 12.2. The molecule has 0 aromatic heterocycles. The van der Waals surface area contributed by atoms with Crippen LogP contribution >= 0.6 is 0 Å². The van der Waals surface area contributed by atoms with Crippen molar-refractivity contribution in [2.45, 2.75) is 39.3 Å². The first kappa shape index (κ1) is 18.5. The topological polar surface area (TPSA) is 46.5 Å². The number of hydrogen-bond donors (Lipinski definition) is 1. The molecule has 1 N–H and O–H groups in total. The molecule has 0 spiro atoms. The third-order valence-electron chi connectivity index (χ3n) is 3.52. The number of ether oxygens (including phenoxy) is 1. The number of rotatable bonds is 3. The maximum atomic E-state index is 12.2. The monoisotopic (exact) mass is 318 g/mol. The fraction of sp³-hybridized carbons (Fsp3) is 0.562. The van der Waals surface area contributed by atoms with Crippen molar-refractivity contribution in [3.05, 3.63) is 34.9 Å². The lowest BCUT2D eigenvalue weighted by Crippen LogP contribution is -2.08. The number of alkyl halides is 3. The minimum atomic E-state index is -4.50. The molecule has 1 aromatic carbocycles. The van der Waals surface area contributed by atoms with E-state index in [9.17, 15) is 18.0 Å². The van der Waals surface area contributed by atoms with Gasteiger partial charge in [-0.3, -0.25) is 0 Å². The second kappa shape index (κ2) is 8.17. The van der Waals surface area contributed by atoms with Crippen LogP contribution in [0.3, 0.4) is 0 Å². The normalized spacial score (nSPS) is 17.8. The number of benzene rings is 1. The van der Waals surface area contributed by atoms with Crippen LogP contribution in [-0.2, 0) is 10.9 Å². The zero-order valence-corrected chi connectivity index (χ0v) is 12.7. The van der Waals surface area contributed by atoms with E-state index in [-0.39, 0.29) is 5.56 Å². The zero-order chi connectivity index (χ0) is 16.8. The summed E-state index contributed by atoms with van der Waals surface area (Å²) in [7, 11) is 0. The van der Waals surface area contributed by atoms with Gasteiger partial charge in [-0.1, -0.05) is 19.4 Å². The van der Waals surface area contributed by atoms with E-state index in [2.05, 4.69) is 6.92 Å². The number of carboxylic acids is 1. The average molecular weight is 318 g/mol. The van der Waals surface area contributed by atoms with E-state index in [1.165, 1.54) is 26.2 Å². The Morgan fingerprint density at radius 2 is 2.09 bits per heavy atom. The van der Waals surface area contributed by atoms with Gasteiger partial charge in [0.1, 0.15) is 0 Å². The first-order valence-corrected chi connectivity index (χ1v) is 7.24. The average Bonchev–Trinajstić information content (AvgIpc) is 2.92. The molecule has 0 saturated carbocycles. The van der Waals surface area contributed by atoms with Crippen molar-refractivity contribution < 1.29 is 27.8 Å². The molecule has 6 heteroatoms. The van der Waals surface area contributed by atoms with E-state index >= 15 is 0 Å². The molecular formula is C16H21F3O3. The molecule has 1 aliphatic rings. The molecule has 3 nitrogen and oxygen atoms in total. The number of aromatic carboxylic acids is 1. The van der Waals surface area contributed by atoms with Crippen LogP contribution in [0.25, 0.3) is 0 Å². The van der Waals surface area contributed by atoms with Gasteiger partial charge in [0.2, 0.25) is 0 Å². The zero-order valence-electron chi connectivity index (χ0n) is 12.7. The van der Waals surface area contributed by atoms with Crippen LogP contribution in [0.2, 0.25) is 0 Å². The van der Waals surface area contributed by atoms with Crippen LogP contribution in [0.15, 0.2) is 18.2 Å². The Hall–Kier alpha value is -1.56. The number of aryl methyl sites for hydroxylation is 1. The van der Waals surface area contributed by atoms with Crippen LogP contribution in [0, 0.1) is 12.8 Å². The van der Waals surface area contributed by atoms with Crippen molar-refractivity contribution in [2.24, 2.45) is 5.92 Å². The highest BCUT2D eigenvalue weighted by atomic mass is 19.4. The predicted molar refractivity (Wildman–Crippen MR) is 77.0 cm³/mol. The summed E-state index contributed by atoms with van der Waals surface area (Å²) in [4.78, 5) is 10.5. The first-order chi connectivity index (χ1) is 10.3. The second-order valence-electron chi connectivity index (χ2n) is 5.35. The Bertz CT molecular complexity index is 492. The number of carboxylic acid groups (broad SMARTS) is 1. The van der Waals surface area contributed by atoms with Crippen molar-refractivity contribution in [3.63, 3.8) is 0 Å². The van der Waals surface area contributed by atoms with E-state index in [1.54, 1.807) is 0 Å². The Morgan fingerprint density at radius 1 is 1.41 bits per heavy atom. The Kier molecular flexibility index (Phi) is 6.87. The molecule has 1 atom stereocenters. The molecule has 2 rings (SSSR count). The van der Waals surface area contributed by atoms with Crippen LogP contribution in [0.4, 0.5) is 13.2 Å². The summed E-state index contributed by atoms with van der Waals surface area (Å²) in [6, 6.07) is 2.64. The van der Waals surface area contributed by atoms with Crippen LogP contribution < -0.4 is 0 Å². The molecule has 0 aliphatic carbocycles. The molecule has 124 valence electrons. The van der Waals surface area contributed by atoms with Crippen molar-refractivity contribution >= 4 is 5.97 Å². The Labute approximate surface area is 128 Å². The highest BCUT2D eigenvalue weighted by Gasteiger charge is 2.31. The summed E-state index contributed by atoms with van der Waals surface area (Å²) in [5, 5.41) is 8.59. The summed E-state index contributed by atoms with van der Waals surface area (Å²) in [5.41, 5.74) is -0.953. The second-order valence-corrected chi connectivity index (χ2v) is 5.35. The summed E-state index contributed by atoms with van der Waals surface area (Å²) in [6.45, 7) is 5.71. The summed E-state index contributed by atoms with van der Waals surface area (Å²) in [6.07, 6.45) is -0.528. The van der Waals surface area contributed by atoms with Gasteiger partial charge in [-0.15, -0.1) is 0 Å². The molecule has 22 heavy (non-hydrogen) atoms. The fourth-order valence-corrected chi connectivity index (χ4v) is 2.25. The Balaban J connectivity index is 0.000000255. The van der Waals surface area contributed by atoms with E-state index < -0.39 is 17.7 Å². The van der Waals surface area contributed by atoms with Gasteiger partial charge in [0, 0.05) is 13.2 Å². The number of hydrogen-bond acceptors (Lipinski definition) is 2. The highest BCUT2D eigenvalue weighted by molar-refractivity contribution is 5.89. The number of carbonyl (C=O) groups is 1. The third-order valence-corrected chi connectivity index (χ3v) is 3.52. The molecule has 1 aromatic rings. The van der Waals surface area contributed by atoms with E-state index in [4.69, 9.17) is 9.84 Å². The summed E-state index contributed by atoms with van der Waals surface area (Å²) in [5.74, 6) is -0.464. The lowest BCUT2D eigenvalue weighted by molar-refractivity contribution is -0.137. The van der Waals surface area contributed by atoms with Crippen molar-refractivity contribution in [1.29, 1.82) is 0 Å². The van der Waals surface area contributed by atoms with Gasteiger partial charge in [-0.25, -0.2) is 4.79 Å². The van der Waals surface area contributed by atoms with Crippen LogP contribution in [0.1, 0.15) is 47.7 Å². The number of halogens is 3. The SMILES string of the molecule is CCCC1CCOC1.Cc1ccc(C(F)(F)F)cc1C(=O)O. The van der Waals surface area contributed by atoms with E-state index in [0.29, 0.717) is 11.6 Å². The predicted octanol–water partition coefficient (Wildman–Crippen LogP) is 4.54. The standard InChI is InChI=1S/C9H7F3O2.C7H14O/c1-5-2-3-6(9(10,11)12)4-7(5)8(13)14;1-2-3-7-4-5-8-6-7/h2-4H,1H3,(H,13,14);7H,2-6H2,1H3. The molecule has 1 aliphatic heterocycles. The summed E-state index contributed by atoms with van der Waals surface area (Å²) >= 11 is 0. The van der Waals surface area contributed by atoms with Gasteiger partial charge >= 0.3 is 12.1 Å². The minimum Gasteiger partial charge on any atom is -0.478 e. The van der Waals surface area contributed by atoms with Gasteiger partial charge in [0.25, 0.3) is 0 Å². The summed E-state index contributed by atoms with van der Waals surface area (Å²) < 4.78 is 41.7. The third kappa shape index (κ3) is 5.67. The molecule has 1 heterocycles. The van der Waals surface area contributed by atoms with Gasteiger partial charge in [-0.2, -0.15) is 13.2 Å². The molecule has 0 bridgehead atoms. The molecule has 1 fully saturated rings. The van der Waals surface area contributed by atoms with Crippen molar-refractivity contribution in [2.75, 3.05) is 13.2 Å². The van der Waals surface area contributed by atoms with E-state index in [1.807, 2.05) is 0 Å². The first-order valence-electron chi connectivity index (χ1n) is 7.24. The van der Waals surface area contributed by atoms with Gasteiger partial charge in [0.05, 0.1) is 11.1 Å². The smallest absolute Gasteiger partial charge is 0.416 e. The molecular weight excluding hydrogens is 297 g/mol.